The van der Waals surface area contributed by atoms with E-state index in [1.807, 2.05) is 48.5 Å². The van der Waals surface area contributed by atoms with Gasteiger partial charge in [-0.15, -0.1) is 0 Å². The van der Waals surface area contributed by atoms with E-state index in [1.54, 1.807) is 17.6 Å². The van der Waals surface area contributed by atoms with E-state index in [9.17, 15) is 9.59 Å². The predicted octanol–water partition coefficient (Wildman–Crippen LogP) is 4.53. The number of amides is 2. The second kappa shape index (κ2) is 8.76. The van der Waals surface area contributed by atoms with Crippen molar-refractivity contribution in [1.29, 1.82) is 0 Å². The van der Waals surface area contributed by atoms with Crippen molar-refractivity contribution in [2.75, 3.05) is 10.2 Å². The average molecular weight is 437 g/mol. The second-order valence-electron chi connectivity index (χ2n) is 8.17. The van der Waals surface area contributed by atoms with Crippen LogP contribution in [-0.4, -0.2) is 23.1 Å². The minimum Gasteiger partial charge on any atom is -0.353 e. The molecule has 4 aromatic carbocycles. The number of benzene rings is 4. The van der Waals surface area contributed by atoms with Gasteiger partial charge in [-0.05, 0) is 46.2 Å². The average Bonchev–Trinajstić information content (AvgIpc) is 2.86. The van der Waals surface area contributed by atoms with Gasteiger partial charge in [0, 0.05) is 18.5 Å². The van der Waals surface area contributed by atoms with Crippen LogP contribution in [0.5, 0.6) is 0 Å². The van der Waals surface area contributed by atoms with Gasteiger partial charge in [0.2, 0.25) is 5.91 Å². The molecule has 1 heterocycles. The van der Waals surface area contributed by atoms with Crippen molar-refractivity contribution < 1.29 is 14.8 Å². The van der Waals surface area contributed by atoms with Crippen LogP contribution in [0.25, 0.3) is 10.8 Å². The number of carbonyl (C=O) groups is 2. The van der Waals surface area contributed by atoms with Gasteiger partial charge < -0.3 is 10.2 Å². The molecule has 6 nitrogen and oxygen atoms in total. The van der Waals surface area contributed by atoms with E-state index in [1.165, 1.54) is 5.39 Å². The maximum absolute atomic E-state index is 13.2. The number of hydroxylamine groups is 1. The zero-order valence-corrected chi connectivity index (χ0v) is 17.9. The summed E-state index contributed by atoms with van der Waals surface area (Å²) in [5.74, 6) is -0.600. The summed E-state index contributed by atoms with van der Waals surface area (Å²) < 4.78 is 0. The topological polar surface area (TPSA) is 81.7 Å². The molecule has 1 aliphatic rings. The molecule has 0 saturated carbocycles. The molecule has 0 saturated heterocycles. The van der Waals surface area contributed by atoms with Crippen LogP contribution in [0.15, 0.2) is 91.0 Å². The first-order chi connectivity index (χ1) is 16.1. The second-order valence-corrected chi connectivity index (χ2v) is 8.17. The molecule has 5 rings (SSSR count). The van der Waals surface area contributed by atoms with Gasteiger partial charge in [0.25, 0.3) is 5.91 Å². The van der Waals surface area contributed by atoms with Crippen LogP contribution in [0.4, 0.5) is 11.4 Å². The van der Waals surface area contributed by atoms with Crippen LogP contribution in [0.3, 0.4) is 0 Å². The molecule has 6 heteroatoms. The Morgan fingerprint density at radius 1 is 0.879 bits per heavy atom. The number of rotatable bonds is 5. The van der Waals surface area contributed by atoms with Crippen LogP contribution in [0, 0.1) is 0 Å². The van der Waals surface area contributed by atoms with E-state index in [0.717, 1.165) is 27.9 Å². The van der Waals surface area contributed by atoms with E-state index in [4.69, 9.17) is 5.21 Å². The van der Waals surface area contributed by atoms with Gasteiger partial charge in [-0.2, -0.15) is 0 Å². The highest BCUT2D eigenvalue weighted by Crippen LogP contribution is 2.34. The zero-order chi connectivity index (χ0) is 22.8. The fourth-order valence-corrected chi connectivity index (χ4v) is 4.37. The summed E-state index contributed by atoms with van der Waals surface area (Å²) in [7, 11) is 0. The summed E-state index contributed by atoms with van der Waals surface area (Å²) in [4.78, 5) is 26.9. The Hall–Kier alpha value is -4.16. The molecule has 2 amide bonds. The van der Waals surface area contributed by atoms with Gasteiger partial charge in [0.1, 0.15) is 6.04 Å². The molecule has 0 aliphatic carbocycles. The first-order valence-electron chi connectivity index (χ1n) is 10.8. The number of anilines is 2. The van der Waals surface area contributed by atoms with E-state index >= 15 is 0 Å². The number of nitrogens with zero attached hydrogens (tertiary/aromatic N) is 1. The highest BCUT2D eigenvalue weighted by atomic mass is 16.5. The number of hydrogen-bond donors (Lipinski definition) is 3. The maximum atomic E-state index is 13.2. The van der Waals surface area contributed by atoms with Crippen molar-refractivity contribution in [3.63, 3.8) is 0 Å². The Kier molecular flexibility index (Phi) is 5.50. The summed E-state index contributed by atoms with van der Waals surface area (Å²) in [6, 6.07) is 28.9. The number of nitrogens with one attached hydrogen (secondary N) is 2. The molecule has 0 bridgehead atoms. The lowest BCUT2D eigenvalue weighted by Crippen LogP contribution is -2.49. The Morgan fingerprint density at radius 2 is 1.58 bits per heavy atom. The van der Waals surface area contributed by atoms with Crippen LogP contribution in [-0.2, 0) is 17.8 Å². The van der Waals surface area contributed by atoms with Crippen LogP contribution in [0.1, 0.15) is 21.5 Å². The number of para-hydroxylation sites is 2. The third kappa shape index (κ3) is 4.16. The van der Waals surface area contributed by atoms with Crippen molar-refractivity contribution in [2.45, 2.75) is 19.0 Å². The fraction of sp³-hybridized carbons (Fsp3) is 0.111. The molecular weight excluding hydrogens is 414 g/mol. The number of carbonyl (C=O) groups excluding carboxylic acids is 2. The van der Waals surface area contributed by atoms with Gasteiger partial charge >= 0.3 is 0 Å². The van der Waals surface area contributed by atoms with Gasteiger partial charge in [0.05, 0.1) is 11.4 Å². The van der Waals surface area contributed by atoms with E-state index in [-0.39, 0.29) is 11.9 Å². The van der Waals surface area contributed by atoms with Crippen molar-refractivity contribution in [2.24, 2.45) is 0 Å². The molecule has 0 fully saturated rings. The standard InChI is InChI=1S/C27H23N3O3/c31-26(29-33)21-13-9-18(10-14-21)17-30-24-8-4-3-7-23(24)28-27(32)25(30)16-19-11-12-20-5-1-2-6-22(20)15-19/h1-15,25,33H,16-17H2,(H,28,32)(H,29,31). The molecule has 0 radical (unpaired) electrons. The largest absolute Gasteiger partial charge is 0.353 e. The van der Waals surface area contributed by atoms with Crippen LogP contribution in [0.2, 0.25) is 0 Å². The molecule has 33 heavy (non-hydrogen) atoms. The fourth-order valence-electron chi connectivity index (χ4n) is 4.37. The van der Waals surface area contributed by atoms with Crippen molar-refractivity contribution in [3.05, 3.63) is 108 Å². The third-order valence-electron chi connectivity index (χ3n) is 6.06. The molecule has 4 aromatic rings. The van der Waals surface area contributed by atoms with Crippen molar-refractivity contribution in [1.82, 2.24) is 5.48 Å². The Morgan fingerprint density at radius 3 is 2.36 bits per heavy atom. The lowest BCUT2D eigenvalue weighted by Gasteiger charge is -2.38. The molecule has 1 aliphatic heterocycles. The van der Waals surface area contributed by atoms with Gasteiger partial charge in [-0.1, -0.05) is 66.7 Å². The quantitative estimate of drug-likeness (QED) is 0.317. The van der Waals surface area contributed by atoms with Crippen molar-refractivity contribution >= 4 is 34.0 Å². The number of hydrogen-bond acceptors (Lipinski definition) is 4. The smallest absolute Gasteiger partial charge is 0.274 e. The Labute approximate surface area is 191 Å². The molecule has 0 spiro atoms. The van der Waals surface area contributed by atoms with Crippen LogP contribution >= 0.6 is 0 Å². The van der Waals surface area contributed by atoms with Gasteiger partial charge in [-0.3, -0.25) is 14.8 Å². The minimum atomic E-state index is -0.557. The maximum Gasteiger partial charge on any atom is 0.274 e. The van der Waals surface area contributed by atoms with Crippen LogP contribution < -0.4 is 15.7 Å². The van der Waals surface area contributed by atoms with E-state index in [2.05, 4.69) is 40.5 Å². The monoisotopic (exact) mass is 437 g/mol. The minimum absolute atomic E-state index is 0.0434. The zero-order valence-electron chi connectivity index (χ0n) is 17.9. The third-order valence-corrected chi connectivity index (χ3v) is 6.06. The summed E-state index contributed by atoms with van der Waals surface area (Å²) in [6.07, 6.45) is 0.565. The summed E-state index contributed by atoms with van der Waals surface area (Å²) in [6.45, 7) is 0.504. The molecule has 1 unspecified atom stereocenters. The lowest BCUT2D eigenvalue weighted by atomic mass is 9.97. The molecule has 164 valence electrons. The normalized spacial score (nSPS) is 15.1. The molecule has 3 N–H and O–H groups in total. The lowest BCUT2D eigenvalue weighted by molar-refractivity contribution is -0.117. The number of fused-ring (bicyclic) bond motifs is 2. The summed E-state index contributed by atoms with van der Waals surface area (Å²) >= 11 is 0. The van der Waals surface area contributed by atoms with Crippen molar-refractivity contribution in [3.8, 4) is 0 Å². The van der Waals surface area contributed by atoms with E-state index in [0.29, 0.717) is 18.5 Å². The van der Waals surface area contributed by atoms with E-state index < -0.39 is 5.91 Å². The summed E-state index contributed by atoms with van der Waals surface area (Å²) in [5, 5.41) is 14.2. The Balaban J connectivity index is 1.48. The van der Waals surface area contributed by atoms with Gasteiger partial charge in [-0.25, -0.2) is 5.48 Å². The predicted molar refractivity (Wildman–Crippen MR) is 128 cm³/mol. The highest BCUT2D eigenvalue weighted by Gasteiger charge is 2.33. The molecule has 1 atom stereocenters. The first kappa shape index (κ1) is 20.7. The Bertz CT molecular complexity index is 1330. The first-order valence-corrected chi connectivity index (χ1v) is 10.8. The summed E-state index contributed by atoms with van der Waals surface area (Å²) in [5.41, 5.74) is 5.80. The molecule has 0 aromatic heterocycles. The SMILES string of the molecule is O=C(NO)c1ccc(CN2c3ccccc3NC(=O)C2Cc2ccc3ccccc3c2)cc1. The van der Waals surface area contributed by atoms with Gasteiger partial charge in [0.15, 0.2) is 0 Å². The highest BCUT2D eigenvalue weighted by molar-refractivity contribution is 6.03. The molecular formula is C27H23N3O3.